The van der Waals surface area contributed by atoms with E-state index in [9.17, 15) is 4.79 Å². The molecule has 3 aromatic carbocycles. The van der Waals surface area contributed by atoms with Crippen LogP contribution in [-0.4, -0.2) is 22.9 Å². The van der Waals surface area contributed by atoms with Crippen molar-refractivity contribution in [1.82, 2.24) is 4.90 Å². The number of rotatable bonds is 5. The molecule has 4 rings (SSSR count). The van der Waals surface area contributed by atoms with Crippen LogP contribution in [-0.2, 0) is 17.6 Å². The van der Waals surface area contributed by atoms with Crippen molar-refractivity contribution in [2.24, 2.45) is 0 Å². The van der Waals surface area contributed by atoms with Crippen LogP contribution in [0.15, 0.2) is 96.6 Å². The molecule has 1 aliphatic rings. The average molecular weight is 396 g/mol. The van der Waals surface area contributed by atoms with Gasteiger partial charge < -0.3 is 4.90 Å². The van der Waals surface area contributed by atoms with Crippen LogP contribution in [0.2, 0.25) is 0 Å². The second-order valence-electron chi connectivity index (χ2n) is 8.28. The van der Waals surface area contributed by atoms with E-state index < -0.39 is 0 Å². The summed E-state index contributed by atoms with van der Waals surface area (Å²) in [7, 11) is 0. The summed E-state index contributed by atoms with van der Waals surface area (Å²) < 4.78 is 0. The van der Waals surface area contributed by atoms with Crippen LogP contribution in [0, 0.1) is 0 Å². The molecule has 0 N–H and O–H groups in total. The number of piperidine rings is 1. The maximum Gasteiger partial charge on any atom is 0.227 e. The van der Waals surface area contributed by atoms with Crippen molar-refractivity contribution in [3.8, 4) is 0 Å². The molecule has 1 saturated heterocycles. The van der Waals surface area contributed by atoms with Gasteiger partial charge in [-0.15, -0.1) is 0 Å². The number of hydrogen-bond donors (Lipinski definition) is 0. The molecule has 1 fully saturated rings. The number of carbonyl (C=O) groups excluding carboxylic acids is 1. The van der Waals surface area contributed by atoms with Crippen molar-refractivity contribution in [2.75, 3.05) is 0 Å². The van der Waals surface area contributed by atoms with E-state index in [2.05, 4.69) is 66.4 Å². The first-order valence-electron chi connectivity index (χ1n) is 10.8. The van der Waals surface area contributed by atoms with Crippen molar-refractivity contribution in [2.45, 2.75) is 44.7 Å². The molecular formula is C28H29NO. The molecule has 0 spiro atoms. The Labute approximate surface area is 179 Å². The van der Waals surface area contributed by atoms with Crippen LogP contribution in [0.3, 0.4) is 0 Å². The van der Waals surface area contributed by atoms with E-state index in [1.54, 1.807) is 0 Å². The summed E-state index contributed by atoms with van der Waals surface area (Å²) in [4.78, 5) is 15.5. The lowest BCUT2D eigenvalue weighted by Crippen LogP contribution is -2.51. The molecule has 1 heterocycles. The Morgan fingerprint density at radius 2 is 1.40 bits per heavy atom. The summed E-state index contributed by atoms with van der Waals surface area (Å²) in [6.45, 7) is 2.19. The van der Waals surface area contributed by atoms with Gasteiger partial charge in [-0.2, -0.15) is 0 Å². The highest BCUT2D eigenvalue weighted by atomic mass is 16.2. The standard InChI is InChI=1S/C28H29NO/c1-22-17-26(18-23-11-5-2-6-12-23)20-27(19-24-13-7-3-8-14-24)29(22)28(30)21-25-15-9-4-10-16-25/h2-16,18,22,27H,17,19-21H2,1H3/b26-18+/t22-,27+/m1/s1. The van der Waals surface area contributed by atoms with Crippen molar-refractivity contribution in [3.63, 3.8) is 0 Å². The summed E-state index contributed by atoms with van der Waals surface area (Å²) in [6, 6.07) is 31.5. The Morgan fingerprint density at radius 1 is 0.833 bits per heavy atom. The molecule has 0 unspecified atom stereocenters. The highest BCUT2D eigenvalue weighted by Gasteiger charge is 2.33. The second kappa shape index (κ2) is 9.58. The van der Waals surface area contributed by atoms with E-state index in [4.69, 9.17) is 0 Å². The zero-order valence-corrected chi connectivity index (χ0v) is 17.6. The maximum absolute atomic E-state index is 13.3. The molecule has 0 aliphatic carbocycles. The molecule has 2 atom stereocenters. The SMILES string of the molecule is C[C@@H]1C/C(=C\c2ccccc2)C[C@H](Cc2ccccc2)N1C(=O)Cc1ccccc1. The lowest BCUT2D eigenvalue weighted by molar-refractivity contribution is -0.136. The molecule has 2 heteroatoms. The maximum atomic E-state index is 13.3. The summed E-state index contributed by atoms with van der Waals surface area (Å²) in [5, 5.41) is 0. The first-order valence-corrected chi connectivity index (χ1v) is 10.8. The highest BCUT2D eigenvalue weighted by Crippen LogP contribution is 2.31. The molecular weight excluding hydrogens is 366 g/mol. The predicted molar refractivity (Wildman–Crippen MR) is 124 cm³/mol. The third-order valence-corrected chi connectivity index (χ3v) is 5.89. The van der Waals surface area contributed by atoms with Gasteiger partial charge in [-0.25, -0.2) is 0 Å². The zero-order valence-electron chi connectivity index (χ0n) is 17.6. The van der Waals surface area contributed by atoms with Crippen LogP contribution in [0.25, 0.3) is 6.08 Å². The van der Waals surface area contributed by atoms with Crippen molar-refractivity contribution >= 4 is 12.0 Å². The van der Waals surface area contributed by atoms with Crippen LogP contribution < -0.4 is 0 Å². The van der Waals surface area contributed by atoms with Crippen molar-refractivity contribution in [3.05, 3.63) is 113 Å². The van der Waals surface area contributed by atoms with Gasteiger partial charge in [-0.3, -0.25) is 4.79 Å². The fraction of sp³-hybridized carbons (Fsp3) is 0.250. The molecule has 3 aromatic rings. The van der Waals surface area contributed by atoms with E-state index in [0.717, 1.165) is 24.8 Å². The van der Waals surface area contributed by atoms with Gasteiger partial charge in [0.15, 0.2) is 0 Å². The van der Waals surface area contributed by atoms with Gasteiger partial charge in [-0.1, -0.05) is 103 Å². The van der Waals surface area contributed by atoms with E-state index in [-0.39, 0.29) is 18.0 Å². The Morgan fingerprint density at radius 3 is 2.03 bits per heavy atom. The number of nitrogens with zero attached hydrogens (tertiary/aromatic N) is 1. The molecule has 1 amide bonds. The second-order valence-corrected chi connectivity index (χ2v) is 8.28. The summed E-state index contributed by atoms with van der Waals surface area (Å²) in [5.74, 6) is 0.230. The molecule has 30 heavy (non-hydrogen) atoms. The van der Waals surface area contributed by atoms with Crippen molar-refractivity contribution < 1.29 is 4.79 Å². The van der Waals surface area contributed by atoms with Crippen LogP contribution >= 0.6 is 0 Å². The van der Waals surface area contributed by atoms with E-state index >= 15 is 0 Å². The van der Waals surface area contributed by atoms with Gasteiger partial charge in [0.05, 0.1) is 6.42 Å². The molecule has 2 nitrogen and oxygen atoms in total. The third kappa shape index (κ3) is 5.07. The smallest absolute Gasteiger partial charge is 0.227 e. The largest absolute Gasteiger partial charge is 0.336 e. The number of likely N-dealkylation sites (tertiary alicyclic amines) is 1. The lowest BCUT2D eigenvalue weighted by atomic mass is 9.86. The summed E-state index contributed by atoms with van der Waals surface area (Å²) in [5.41, 5.74) is 5.03. The van der Waals surface area contributed by atoms with Crippen LogP contribution in [0.4, 0.5) is 0 Å². The monoisotopic (exact) mass is 395 g/mol. The minimum Gasteiger partial charge on any atom is -0.336 e. The average Bonchev–Trinajstić information content (AvgIpc) is 2.75. The van der Waals surface area contributed by atoms with Gasteiger partial charge >= 0.3 is 0 Å². The van der Waals surface area contributed by atoms with Gasteiger partial charge in [0.2, 0.25) is 5.91 Å². The minimum atomic E-state index is 0.183. The Balaban J connectivity index is 1.59. The van der Waals surface area contributed by atoms with Crippen LogP contribution in [0.1, 0.15) is 36.5 Å². The predicted octanol–water partition coefficient (Wildman–Crippen LogP) is 5.93. The van der Waals surface area contributed by atoms with Gasteiger partial charge in [0.1, 0.15) is 0 Å². The van der Waals surface area contributed by atoms with Gasteiger partial charge in [-0.05, 0) is 42.9 Å². The Bertz CT molecular complexity index is 979. The number of amides is 1. The quantitative estimate of drug-likeness (QED) is 0.524. The topological polar surface area (TPSA) is 20.3 Å². The first-order chi connectivity index (χ1) is 14.7. The minimum absolute atomic E-state index is 0.183. The number of hydrogen-bond acceptors (Lipinski definition) is 1. The fourth-order valence-electron chi connectivity index (χ4n) is 4.59. The Hall–Kier alpha value is -3.13. The van der Waals surface area contributed by atoms with Crippen LogP contribution in [0.5, 0.6) is 0 Å². The van der Waals surface area contributed by atoms with Crippen molar-refractivity contribution in [1.29, 1.82) is 0 Å². The van der Waals surface area contributed by atoms with Gasteiger partial charge in [0.25, 0.3) is 0 Å². The number of benzene rings is 3. The highest BCUT2D eigenvalue weighted by molar-refractivity contribution is 5.80. The molecule has 0 saturated carbocycles. The molecule has 0 bridgehead atoms. The zero-order chi connectivity index (χ0) is 20.8. The molecule has 0 radical (unpaired) electrons. The lowest BCUT2D eigenvalue weighted by Gasteiger charge is -2.42. The first kappa shape index (κ1) is 20.2. The Kier molecular flexibility index (Phi) is 6.44. The van der Waals surface area contributed by atoms with Gasteiger partial charge in [0, 0.05) is 12.1 Å². The van der Waals surface area contributed by atoms with E-state index in [0.29, 0.717) is 6.42 Å². The molecule has 0 aromatic heterocycles. The molecule has 152 valence electrons. The third-order valence-electron chi connectivity index (χ3n) is 5.89. The van der Waals surface area contributed by atoms with E-state index in [1.807, 2.05) is 42.5 Å². The summed E-state index contributed by atoms with van der Waals surface area (Å²) in [6.07, 6.45) is 5.52. The molecule has 1 aliphatic heterocycles. The summed E-state index contributed by atoms with van der Waals surface area (Å²) >= 11 is 0. The van der Waals surface area contributed by atoms with E-state index in [1.165, 1.54) is 16.7 Å². The number of carbonyl (C=O) groups is 1. The normalized spacial score (nSPS) is 20.3. The fourth-order valence-corrected chi connectivity index (χ4v) is 4.59.